The summed E-state index contributed by atoms with van der Waals surface area (Å²) in [5, 5.41) is 2.91. The third-order valence-corrected chi connectivity index (χ3v) is 2.08. The van der Waals surface area contributed by atoms with Crippen molar-refractivity contribution < 1.29 is 17.9 Å². The standard InChI is InChI=1S/C9H9F3N2O/c10-9(11,12)8-7(2-1-3-14-8)15-6-4-13-5-6/h1-3,6,13H,4-5H2. The van der Waals surface area contributed by atoms with Crippen molar-refractivity contribution in [1.82, 2.24) is 10.3 Å². The Kier molecular flexibility index (Phi) is 2.52. The second-order valence-corrected chi connectivity index (χ2v) is 3.25. The van der Waals surface area contributed by atoms with Crippen molar-refractivity contribution in [3.05, 3.63) is 24.0 Å². The molecule has 3 nitrogen and oxygen atoms in total. The van der Waals surface area contributed by atoms with Gasteiger partial charge in [-0.05, 0) is 12.1 Å². The maximum atomic E-state index is 12.5. The van der Waals surface area contributed by atoms with E-state index in [0.29, 0.717) is 13.1 Å². The Morgan fingerprint density at radius 1 is 1.40 bits per heavy atom. The van der Waals surface area contributed by atoms with Crippen LogP contribution in [0.3, 0.4) is 0 Å². The third kappa shape index (κ3) is 2.20. The number of halogens is 3. The van der Waals surface area contributed by atoms with Gasteiger partial charge in [0.2, 0.25) is 0 Å². The van der Waals surface area contributed by atoms with E-state index in [1.165, 1.54) is 12.1 Å². The number of hydrogen-bond acceptors (Lipinski definition) is 3. The summed E-state index contributed by atoms with van der Waals surface area (Å²) >= 11 is 0. The summed E-state index contributed by atoms with van der Waals surface area (Å²) in [5.41, 5.74) is -0.961. The molecule has 1 aromatic rings. The fourth-order valence-electron chi connectivity index (χ4n) is 1.22. The maximum absolute atomic E-state index is 12.5. The molecule has 2 heterocycles. The number of alkyl halides is 3. The van der Waals surface area contributed by atoms with Gasteiger partial charge in [-0.25, -0.2) is 4.98 Å². The SMILES string of the molecule is FC(F)(F)c1ncccc1OC1CNC1. The predicted octanol–water partition coefficient (Wildman–Crippen LogP) is 1.45. The van der Waals surface area contributed by atoms with Crippen LogP contribution in [0.25, 0.3) is 0 Å². The van der Waals surface area contributed by atoms with Crippen molar-refractivity contribution in [2.24, 2.45) is 0 Å². The molecule has 82 valence electrons. The predicted molar refractivity (Wildman–Crippen MR) is 46.5 cm³/mol. The average Bonchev–Trinajstić information content (AvgIpc) is 2.10. The Hall–Kier alpha value is -1.30. The first-order valence-electron chi connectivity index (χ1n) is 4.47. The molecule has 0 unspecified atom stereocenters. The summed E-state index contributed by atoms with van der Waals surface area (Å²) in [7, 11) is 0. The Morgan fingerprint density at radius 3 is 2.67 bits per heavy atom. The zero-order chi connectivity index (χ0) is 10.9. The minimum absolute atomic E-state index is 0.185. The number of nitrogens with one attached hydrogen (secondary N) is 1. The number of hydrogen-bond donors (Lipinski definition) is 1. The molecule has 0 saturated carbocycles. The monoisotopic (exact) mass is 218 g/mol. The summed E-state index contributed by atoms with van der Waals surface area (Å²) in [6.07, 6.45) is -3.54. The molecule has 2 rings (SSSR count). The van der Waals surface area contributed by atoms with Gasteiger partial charge in [0.25, 0.3) is 0 Å². The molecular weight excluding hydrogens is 209 g/mol. The molecule has 0 aliphatic carbocycles. The summed E-state index contributed by atoms with van der Waals surface area (Å²) < 4.78 is 42.6. The normalized spacial score (nSPS) is 17.3. The lowest BCUT2D eigenvalue weighted by molar-refractivity contribution is -0.143. The third-order valence-electron chi connectivity index (χ3n) is 2.08. The number of ether oxygens (including phenoxy) is 1. The smallest absolute Gasteiger partial charge is 0.437 e. The molecule has 0 radical (unpaired) electrons. The van der Waals surface area contributed by atoms with Gasteiger partial charge in [-0.1, -0.05) is 0 Å². The second-order valence-electron chi connectivity index (χ2n) is 3.25. The molecule has 0 bridgehead atoms. The van der Waals surface area contributed by atoms with E-state index in [1.54, 1.807) is 0 Å². The van der Waals surface area contributed by atoms with Gasteiger partial charge >= 0.3 is 6.18 Å². The summed E-state index contributed by atoms with van der Waals surface area (Å²) in [5.74, 6) is -0.198. The van der Waals surface area contributed by atoms with Crippen LogP contribution in [0.4, 0.5) is 13.2 Å². The van der Waals surface area contributed by atoms with Gasteiger partial charge in [-0.15, -0.1) is 0 Å². The zero-order valence-corrected chi connectivity index (χ0v) is 7.71. The van der Waals surface area contributed by atoms with Crippen LogP contribution in [0.1, 0.15) is 5.69 Å². The molecule has 1 saturated heterocycles. The first kappa shape index (κ1) is 10.2. The summed E-state index contributed by atoms with van der Waals surface area (Å²) in [6.45, 7) is 1.15. The van der Waals surface area contributed by atoms with Crippen molar-refractivity contribution in [1.29, 1.82) is 0 Å². The lowest BCUT2D eigenvalue weighted by atomic mass is 10.2. The number of aromatic nitrogens is 1. The fraction of sp³-hybridized carbons (Fsp3) is 0.444. The van der Waals surface area contributed by atoms with Crippen LogP contribution in [0.15, 0.2) is 18.3 Å². The van der Waals surface area contributed by atoms with E-state index in [1.807, 2.05) is 0 Å². The topological polar surface area (TPSA) is 34.1 Å². The number of pyridine rings is 1. The first-order chi connectivity index (χ1) is 7.07. The highest BCUT2D eigenvalue weighted by Crippen LogP contribution is 2.34. The van der Waals surface area contributed by atoms with Crippen LogP contribution < -0.4 is 10.1 Å². The van der Waals surface area contributed by atoms with Gasteiger partial charge in [0.05, 0.1) is 0 Å². The quantitative estimate of drug-likeness (QED) is 0.815. The van der Waals surface area contributed by atoms with E-state index in [4.69, 9.17) is 4.74 Å². The molecule has 1 fully saturated rings. The molecule has 15 heavy (non-hydrogen) atoms. The number of nitrogens with zero attached hydrogens (tertiary/aromatic N) is 1. The van der Waals surface area contributed by atoms with Crippen LogP contribution in [-0.4, -0.2) is 24.2 Å². The second kappa shape index (κ2) is 3.69. The van der Waals surface area contributed by atoms with Crippen molar-refractivity contribution >= 4 is 0 Å². The van der Waals surface area contributed by atoms with E-state index in [0.717, 1.165) is 6.20 Å². The van der Waals surface area contributed by atoms with Crippen molar-refractivity contribution in [3.8, 4) is 5.75 Å². The van der Waals surface area contributed by atoms with E-state index >= 15 is 0 Å². The van der Waals surface area contributed by atoms with Crippen molar-refractivity contribution in [2.75, 3.05) is 13.1 Å². The van der Waals surface area contributed by atoms with E-state index < -0.39 is 11.9 Å². The highest BCUT2D eigenvalue weighted by Gasteiger charge is 2.37. The maximum Gasteiger partial charge on any atom is 0.437 e. The highest BCUT2D eigenvalue weighted by molar-refractivity contribution is 5.29. The summed E-state index contributed by atoms with van der Waals surface area (Å²) in [6, 6.07) is 2.71. The first-order valence-corrected chi connectivity index (χ1v) is 4.47. The lowest BCUT2D eigenvalue weighted by Gasteiger charge is -2.28. The van der Waals surface area contributed by atoms with Crippen LogP contribution >= 0.6 is 0 Å². The molecule has 0 aromatic carbocycles. The van der Waals surface area contributed by atoms with E-state index in [9.17, 15) is 13.2 Å². The minimum Gasteiger partial charge on any atom is -0.485 e. The minimum atomic E-state index is -4.46. The van der Waals surface area contributed by atoms with Gasteiger partial charge in [0, 0.05) is 19.3 Å². The lowest BCUT2D eigenvalue weighted by Crippen LogP contribution is -2.50. The van der Waals surface area contributed by atoms with E-state index in [2.05, 4.69) is 10.3 Å². The molecule has 1 N–H and O–H groups in total. The largest absolute Gasteiger partial charge is 0.485 e. The van der Waals surface area contributed by atoms with Crippen LogP contribution in [0, 0.1) is 0 Å². The van der Waals surface area contributed by atoms with Gasteiger partial charge in [-0.2, -0.15) is 13.2 Å². The van der Waals surface area contributed by atoms with Crippen LogP contribution in [-0.2, 0) is 6.18 Å². The van der Waals surface area contributed by atoms with Crippen molar-refractivity contribution in [3.63, 3.8) is 0 Å². The molecule has 1 aromatic heterocycles. The average molecular weight is 218 g/mol. The van der Waals surface area contributed by atoms with E-state index in [-0.39, 0.29) is 11.9 Å². The van der Waals surface area contributed by atoms with Gasteiger partial charge in [0.15, 0.2) is 11.4 Å². The number of rotatable bonds is 2. The molecule has 0 atom stereocenters. The van der Waals surface area contributed by atoms with Crippen LogP contribution in [0.2, 0.25) is 0 Å². The molecule has 1 aliphatic rings. The Balaban J connectivity index is 2.21. The Morgan fingerprint density at radius 2 is 2.13 bits per heavy atom. The van der Waals surface area contributed by atoms with Gasteiger partial charge < -0.3 is 10.1 Å². The molecule has 6 heteroatoms. The zero-order valence-electron chi connectivity index (χ0n) is 7.71. The highest BCUT2D eigenvalue weighted by atomic mass is 19.4. The Labute approximate surface area is 84.3 Å². The Bertz CT molecular complexity index is 349. The fourth-order valence-corrected chi connectivity index (χ4v) is 1.22. The molecule has 0 amide bonds. The molecular formula is C9H9F3N2O. The van der Waals surface area contributed by atoms with Crippen LogP contribution in [0.5, 0.6) is 5.75 Å². The molecule has 0 spiro atoms. The van der Waals surface area contributed by atoms with Gasteiger partial charge in [0.1, 0.15) is 6.10 Å². The van der Waals surface area contributed by atoms with Gasteiger partial charge in [-0.3, -0.25) is 0 Å². The summed E-state index contributed by atoms with van der Waals surface area (Å²) in [4.78, 5) is 3.29. The van der Waals surface area contributed by atoms with Crippen molar-refractivity contribution in [2.45, 2.75) is 12.3 Å². The molecule has 1 aliphatic heterocycles.